The van der Waals surface area contributed by atoms with E-state index in [0.717, 1.165) is 0 Å². The Morgan fingerprint density at radius 1 is 1.48 bits per heavy atom. The predicted molar refractivity (Wildman–Crippen MR) is 84.6 cm³/mol. The van der Waals surface area contributed by atoms with E-state index in [1.165, 1.54) is 22.3 Å². The van der Waals surface area contributed by atoms with Crippen molar-refractivity contribution in [3.8, 4) is 0 Å². The highest BCUT2D eigenvalue weighted by Gasteiger charge is 2.35. The summed E-state index contributed by atoms with van der Waals surface area (Å²) in [6, 6.07) is 5.41. The first-order chi connectivity index (χ1) is 11.1. The third-order valence-electron chi connectivity index (χ3n) is 3.61. The molecule has 8 heteroatoms. The highest BCUT2D eigenvalue weighted by Crippen LogP contribution is 2.24. The zero-order valence-corrected chi connectivity index (χ0v) is 13.0. The van der Waals surface area contributed by atoms with Crippen molar-refractivity contribution in [1.29, 1.82) is 0 Å². The van der Waals surface area contributed by atoms with Gasteiger partial charge in [0.05, 0.1) is 5.69 Å². The first kappa shape index (κ1) is 15.6. The second kappa shape index (κ2) is 6.43. The standard InChI is InChI=1S/C15H15FN4O2S/c16-9-3-1-2-4-12(9)20-6-5-10(15(20)22)19-14(21)11-8-23-13(7-17)18-11/h1-4,8,10H,5-7,17H2,(H,19,21). The summed E-state index contributed by atoms with van der Waals surface area (Å²) in [6.45, 7) is 0.622. The van der Waals surface area contributed by atoms with E-state index < -0.39 is 17.8 Å². The monoisotopic (exact) mass is 334 g/mol. The Morgan fingerprint density at radius 3 is 2.96 bits per heavy atom. The van der Waals surface area contributed by atoms with Gasteiger partial charge in [-0.1, -0.05) is 12.1 Å². The van der Waals surface area contributed by atoms with Crippen molar-refractivity contribution in [2.75, 3.05) is 11.4 Å². The minimum Gasteiger partial charge on any atom is -0.339 e. The molecule has 0 spiro atoms. The topological polar surface area (TPSA) is 88.3 Å². The van der Waals surface area contributed by atoms with Crippen LogP contribution in [0.15, 0.2) is 29.6 Å². The van der Waals surface area contributed by atoms with Crippen LogP contribution in [0.5, 0.6) is 0 Å². The summed E-state index contributed by atoms with van der Waals surface area (Å²) >= 11 is 1.29. The molecule has 1 saturated heterocycles. The number of nitrogens with zero attached hydrogens (tertiary/aromatic N) is 2. The molecule has 1 fully saturated rings. The molecule has 3 rings (SSSR count). The number of nitrogens with one attached hydrogen (secondary N) is 1. The number of aromatic nitrogens is 1. The molecule has 1 aromatic heterocycles. The van der Waals surface area contributed by atoms with E-state index in [1.54, 1.807) is 23.6 Å². The number of para-hydroxylation sites is 1. The van der Waals surface area contributed by atoms with Crippen molar-refractivity contribution >= 4 is 28.8 Å². The predicted octanol–water partition coefficient (Wildman–Crippen LogP) is 1.28. The average Bonchev–Trinajstić information content (AvgIpc) is 3.16. The van der Waals surface area contributed by atoms with E-state index in [1.807, 2.05) is 0 Å². The van der Waals surface area contributed by atoms with E-state index in [2.05, 4.69) is 10.3 Å². The van der Waals surface area contributed by atoms with Gasteiger partial charge in [0.2, 0.25) is 5.91 Å². The van der Waals surface area contributed by atoms with Gasteiger partial charge in [-0.2, -0.15) is 0 Å². The molecule has 0 radical (unpaired) electrons. The first-order valence-electron chi connectivity index (χ1n) is 7.11. The molecule has 6 nitrogen and oxygen atoms in total. The molecule has 1 atom stereocenters. The fraction of sp³-hybridized carbons (Fsp3) is 0.267. The average molecular weight is 334 g/mol. The quantitative estimate of drug-likeness (QED) is 0.881. The highest BCUT2D eigenvalue weighted by atomic mass is 32.1. The third kappa shape index (κ3) is 3.08. The third-order valence-corrected chi connectivity index (χ3v) is 4.48. The Morgan fingerprint density at radius 2 is 2.26 bits per heavy atom. The molecule has 120 valence electrons. The number of nitrogens with two attached hydrogens (primary N) is 1. The maximum absolute atomic E-state index is 13.8. The fourth-order valence-electron chi connectivity index (χ4n) is 2.46. The molecule has 1 aromatic carbocycles. The lowest BCUT2D eigenvalue weighted by atomic mass is 10.2. The van der Waals surface area contributed by atoms with Crippen molar-refractivity contribution < 1.29 is 14.0 Å². The maximum Gasteiger partial charge on any atom is 0.271 e. The van der Waals surface area contributed by atoms with Crippen LogP contribution in [-0.4, -0.2) is 29.4 Å². The van der Waals surface area contributed by atoms with Crippen molar-refractivity contribution in [3.05, 3.63) is 46.2 Å². The Balaban J connectivity index is 1.70. The molecular weight excluding hydrogens is 319 g/mol. The minimum atomic E-state index is -0.676. The van der Waals surface area contributed by atoms with Gasteiger partial charge < -0.3 is 16.0 Å². The number of halogens is 1. The van der Waals surface area contributed by atoms with Gasteiger partial charge in [0.15, 0.2) is 0 Å². The summed E-state index contributed by atoms with van der Waals surface area (Å²) in [6.07, 6.45) is 0.423. The molecule has 3 N–H and O–H groups in total. The second-order valence-corrected chi connectivity index (χ2v) is 6.03. The van der Waals surface area contributed by atoms with Gasteiger partial charge in [0.1, 0.15) is 22.6 Å². The van der Waals surface area contributed by atoms with Crippen LogP contribution in [0.2, 0.25) is 0 Å². The molecule has 2 aromatic rings. The Labute approximate surface area is 136 Å². The van der Waals surface area contributed by atoms with Crippen LogP contribution >= 0.6 is 11.3 Å². The summed E-state index contributed by atoms with van der Waals surface area (Å²) < 4.78 is 13.8. The number of benzene rings is 1. The van der Waals surface area contributed by atoms with Gasteiger partial charge in [-0.15, -0.1) is 11.3 Å². The molecule has 2 heterocycles. The number of rotatable bonds is 4. The van der Waals surface area contributed by atoms with Gasteiger partial charge in [0, 0.05) is 18.5 Å². The minimum absolute atomic E-state index is 0.230. The van der Waals surface area contributed by atoms with Gasteiger partial charge in [-0.25, -0.2) is 9.37 Å². The lowest BCUT2D eigenvalue weighted by Gasteiger charge is -2.17. The van der Waals surface area contributed by atoms with Crippen molar-refractivity contribution in [1.82, 2.24) is 10.3 Å². The first-order valence-corrected chi connectivity index (χ1v) is 7.99. The summed E-state index contributed by atoms with van der Waals surface area (Å²) in [7, 11) is 0. The van der Waals surface area contributed by atoms with Crippen LogP contribution < -0.4 is 16.0 Å². The number of anilines is 1. The van der Waals surface area contributed by atoms with Crippen molar-refractivity contribution in [2.45, 2.75) is 19.0 Å². The van der Waals surface area contributed by atoms with E-state index in [4.69, 9.17) is 5.73 Å². The van der Waals surface area contributed by atoms with Gasteiger partial charge in [-0.3, -0.25) is 9.59 Å². The Hall–Kier alpha value is -2.32. The summed E-state index contributed by atoms with van der Waals surface area (Å²) in [5.41, 5.74) is 5.94. The van der Waals surface area contributed by atoms with Crippen LogP contribution in [0.1, 0.15) is 21.9 Å². The number of carbonyl (C=O) groups excluding carboxylic acids is 2. The molecule has 23 heavy (non-hydrogen) atoms. The lowest BCUT2D eigenvalue weighted by Crippen LogP contribution is -2.41. The number of hydrogen-bond acceptors (Lipinski definition) is 5. The molecule has 1 aliphatic rings. The molecule has 1 unspecified atom stereocenters. The fourth-order valence-corrected chi connectivity index (χ4v) is 3.12. The number of amides is 2. The largest absolute Gasteiger partial charge is 0.339 e. The molecular formula is C15H15FN4O2S. The van der Waals surface area contributed by atoms with Crippen LogP contribution in [0.25, 0.3) is 0 Å². The van der Waals surface area contributed by atoms with E-state index in [9.17, 15) is 14.0 Å². The van der Waals surface area contributed by atoms with Crippen LogP contribution in [0.4, 0.5) is 10.1 Å². The molecule has 0 aliphatic carbocycles. The molecule has 0 saturated carbocycles. The Bertz CT molecular complexity index is 749. The zero-order chi connectivity index (χ0) is 16.4. The molecule has 0 bridgehead atoms. The molecule has 2 amide bonds. The maximum atomic E-state index is 13.8. The van der Waals surface area contributed by atoms with Crippen LogP contribution in [-0.2, 0) is 11.3 Å². The Kier molecular flexibility index (Phi) is 4.35. The summed E-state index contributed by atoms with van der Waals surface area (Å²) in [4.78, 5) is 30.0. The van der Waals surface area contributed by atoms with Crippen molar-refractivity contribution in [3.63, 3.8) is 0 Å². The van der Waals surface area contributed by atoms with Crippen LogP contribution in [0, 0.1) is 5.82 Å². The van der Waals surface area contributed by atoms with E-state index in [0.29, 0.717) is 18.0 Å². The van der Waals surface area contributed by atoms with Crippen molar-refractivity contribution in [2.24, 2.45) is 5.73 Å². The van der Waals surface area contributed by atoms with Gasteiger partial charge in [0.25, 0.3) is 5.91 Å². The summed E-state index contributed by atoms with van der Waals surface area (Å²) in [5.74, 6) is -1.20. The van der Waals surface area contributed by atoms with E-state index >= 15 is 0 Å². The second-order valence-electron chi connectivity index (χ2n) is 5.09. The number of carbonyl (C=O) groups is 2. The lowest BCUT2D eigenvalue weighted by molar-refractivity contribution is -0.118. The smallest absolute Gasteiger partial charge is 0.271 e. The normalized spacial score (nSPS) is 17.6. The highest BCUT2D eigenvalue weighted by molar-refractivity contribution is 7.09. The molecule has 1 aliphatic heterocycles. The van der Waals surface area contributed by atoms with Crippen LogP contribution in [0.3, 0.4) is 0 Å². The summed E-state index contributed by atoms with van der Waals surface area (Å²) in [5, 5.41) is 4.91. The number of hydrogen-bond donors (Lipinski definition) is 2. The zero-order valence-electron chi connectivity index (χ0n) is 12.2. The van der Waals surface area contributed by atoms with Gasteiger partial charge >= 0.3 is 0 Å². The number of thiazole rings is 1. The van der Waals surface area contributed by atoms with E-state index in [-0.39, 0.29) is 23.8 Å². The SMILES string of the molecule is NCc1nc(C(=O)NC2CCN(c3ccccc3F)C2=O)cs1. The van der Waals surface area contributed by atoms with Gasteiger partial charge in [-0.05, 0) is 18.6 Å².